The van der Waals surface area contributed by atoms with E-state index in [0.717, 1.165) is 52.0 Å². The molecule has 0 radical (unpaired) electrons. The van der Waals surface area contributed by atoms with Crippen LogP contribution in [0.25, 0.3) is 11.1 Å². The molecular formula is C27H35N3O3. The van der Waals surface area contributed by atoms with Crippen LogP contribution in [-0.2, 0) is 9.53 Å². The fourth-order valence-corrected chi connectivity index (χ4v) is 4.89. The lowest BCUT2D eigenvalue weighted by Crippen LogP contribution is -2.48. The number of alkyl carbamates (subject to hydrolysis) is 1. The number of piperazine rings is 1. The molecule has 1 aliphatic carbocycles. The van der Waals surface area contributed by atoms with Crippen LogP contribution in [0.3, 0.4) is 0 Å². The number of ether oxygens (including phenoxy) is 1. The topological polar surface area (TPSA) is 61.9 Å². The first-order valence-electron chi connectivity index (χ1n) is 12.3. The minimum absolute atomic E-state index is 0.0772. The summed E-state index contributed by atoms with van der Waals surface area (Å²) in [5.41, 5.74) is 4.88. The maximum absolute atomic E-state index is 12.3. The maximum atomic E-state index is 12.3. The zero-order chi connectivity index (χ0) is 23.0. The molecule has 4 rings (SSSR count). The van der Waals surface area contributed by atoms with Crippen LogP contribution >= 0.6 is 0 Å². The summed E-state index contributed by atoms with van der Waals surface area (Å²) < 4.78 is 5.57. The van der Waals surface area contributed by atoms with Gasteiger partial charge in [0.15, 0.2) is 0 Å². The first-order chi connectivity index (χ1) is 16.2. The quantitative estimate of drug-likeness (QED) is 0.582. The molecule has 1 heterocycles. The average Bonchev–Trinajstić information content (AvgIpc) is 3.18. The lowest BCUT2D eigenvalue weighted by molar-refractivity contribution is -0.133. The van der Waals surface area contributed by atoms with Gasteiger partial charge in [0.25, 0.3) is 0 Å². The van der Waals surface area contributed by atoms with Crippen molar-refractivity contribution in [1.29, 1.82) is 0 Å². The second-order valence-corrected chi connectivity index (χ2v) is 8.88. The summed E-state index contributed by atoms with van der Waals surface area (Å²) in [6, 6.07) is 16.7. The molecule has 0 aromatic heterocycles. The van der Waals surface area contributed by atoms with Gasteiger partial charge in [-0.05, 0) is 41.6 Å². The number of rotatable bonds is 9. The van der Waals surface area contributed by atoms with Crippen LogP contribution in [0, 0.1) is 0 Å². The monoisotopic (exact) mass is 449 g/mol. The molecule has 176 valence electrons. The Morgan fingerprint density at radius 1 is 0.909 bits per heavy atom. The molecule has 0 unspecified atom stereocenters. The Kier molecular flexibility index (Phi) is 8.00. The summed E-state index contributed by atoms with van der Waals surface area (Å²) in [4.78, 5) is 28.9. The van der Waals surface area contributed by atoms with E-state index in [1.807, 2.05) is 29.2 Å². The first-order valence-corrected chi connectivity index (χ1v) is 12.3. The van der Waals surface area contributed by atoms with Crippen molar-refractivity contribution in [2.75, 3.05) is 45.9 Å². The van der Waals surface area contributed by atoms with Crippen molar-refractivity contribution in [3.05, 3.63) is 59.7 Å². The maximum Gasteiger partial charge on any atom is 0.407 e. The van der Waals surface area contributed by atoms with Crippen molar-refractivity contribution >= 4 is 12.0 Å². The van der Waals surface area contributed by atoms with Gasteiger partial charge in [-0.25, -0.2) is 4.79 Å². The van der Waals surface area contributed by atoms with Gasteiger partial charge in [-0.3, -0.25) is 4.79 Å². The van der Waals surface area contributed by atoms with Crippen LogP contribution in [0.4, 0.5) is 4.79 Å². The van der Waals surface area contributed by atoms with E-state index in [0.29, 0.717) is 19.6 Å². The number of carbonyl (C=O) groups is 2. The number of amides is 2. The largest absolute Gasteiger partial charge is 0.449 e. The lowest BCUT2D eigenvalue weighted by atomic mass is 9.98. The molecule has 0 spiro atoms. The van der Waals surface area contributed by atoms with Gasteiger partial charge in [-0.15, -0.1) is 0 Å². The third-order valence-corrected chi connectivity index (χ3v) is 6.85. The molecule has 1 N–H and O–H groups in total. The second-order valence-electron chi connectivity index (χ2n) is 8.88. The molecule has 6 heteroatoms. The number of carbonyl (C=O) groups excluding carboxylic acids is 2. The van der Waals surface area contributed by atoms with Gasteiger partial charge in [0.1, 0.15) is 6.61 Å². The Morgan fingerprint density at radius 3 is 2.18 bits per heavy atom. The minimum Gasteiger partial charge on any atom is -0.449 e. The van der Waals surface area contributed by atoms with E-state index in [9.17, 15) is 9.59 Å². The minimum atomic E-state index is -0.373. The molecule has 1 aliphatic heterocycles. The highest BCUT2D eigenvalue weighted by atomic mass is 16.5. The molecule has 0 saturated carbocycles. The zero-order valence-corrected chi connectivity index (χ0v) is 19.6. The highest BCUT2D eigenvalue weighted by molar-refractivity contribution is 5.79. The van der Waals surface area contributed by atoms with Gasteiger partial charge in [0, 0.05) is 45.1 Å². The third-order valence-electron chi connectivity index (χ3n) is 6.85. The van der Waals surface area contributed by atoms with Crippen LogP contribution in [0.1, 0.15) is 49.7 Å². The molecule has 2 aromatic carbocycles. The number of fused-ring (bicyclic) bond motifs is 3. The number of hydrogen-bond acceptors (Lipinski definition) is 4. The van der Waals surface area contributed by atoms with E-state index in [4.69, 9.17) is 4.74 Å². The Hall–Kier alpha value is -2.86. The summed E-state index contributed by atoms with van der Waals surface area (Å²) in [5.74, 6) is 0.337. The van der Waals surface area contributed by atoms with Crippen LogP contribution in [0.2, 0.25) is 0 Å². The smallest absolute Gasteiger partial charge is 0.407 e. The molecule has 1 fully saturated rings. The van der Waals surface area contributed by atoms with Crippen molar-refractivity contribution in [2.24, 2.45) is 0 Å². The number of likely N-dealkylation sites (N-methyl/N-ethyl adjacent to an activating group) is 1. The summed E-state index contributed by atoms with van der Waals surface area (Å²) in [6.45, 7) is 7.76. The van der Waals surface area contributed by atoms with Crippen molar-refractivity contribution in [3.8, 4) is 11.1 Å². The van der Waals surface area contributed by atoms with E-state index in [1.54, 1.807) is 0 Å². The van der Waals surface area contributed by atoms with Crippen molar-refractivity contribution in [1.82, 2.24) is 15.1 Å². The van der Waals surface area contributed by atoms with Crippen LogP contribution < -0.4 is 5.32 Å². The highest BCUT2D eigenvalue weighted by Gasteiger charge is 2.29. The van der Waals surface area contributed by atoms with Crippen LogP contribution in [0.5, 0.6) is 0 Å². The van der Waals surface area contributed by atoms with Crippen molar-refractivity contribution in [2.45, 2.75) is 38.5 Å². The molecular weight excluding hydrogens is 414 g/mol. The Morgan fingerprint density at radius 2 is 1.55 bits per heavy atom. The van der Waals surface area contributed by atoms with E-state index in [2.05, 4.69) is 41.4 Å². The Balaban J connectivity index is 1.12. The Bertz CT molecular complexity index is 908. The molecule has 2 aliphatic rings. The van der Waals surface area contributed by atoms with Crippen molar-refractivity contribution < 1.29 is 14.3 Å². The summed E-state index contributed by atoms with van der Waals surface area (Å²) >= 11 is 0. The number of nitrogens with zero attached hydrogens (tertiary/aromatic N) is 2. The molecule has 2 aromatic rings. The predicted octanol–water partition coefficient (Wildman–Crippen LogP) is 4.25. The number of nitrogens with one attached hydrogen (secondary N) is 1. The summed E-state index contributed by atoms with van der Waals surface area (Å²) in [5, 5.41) is 2.86. The predicted molar refractivity (Wildman–Crippen MR) is 130 cm³/mol. The molecule has 0 bridgehead atoms. The van der Waals surface area contributed by atoms with E-state index in [-0.39, 0.29) is 17.9 Å². The second kappa shape index (κ2) is 11.3. The SMILES string of the molecule is CCN1CCN(C(=O)CCCCCNC(=O)OCC2c3ccccc3-c3ccccc32)CC1. The fourth-order valence-electron chi connectivity index (χ4n) is 4.89. The van der Waals surface area contributed by atoms with Gasteiger partial charge < -0.3 is 19.9 Å². The molecule has 6 nitrogen and oxygen atoms in total. The average molecular weight is 450 g/mol. The van der Waals surface area contributed by atoms with Crippen molar-refractivity contribution in [3.63, 3.8) is 0 Å². The third kappa shape index (κ3) is 5.74. The first kappa shape index (κ1) is 23.3. The lowest BCUT2D eigenvalue weighted by Gasteiger charge is -2.34. The number of benzene rings is 2. The standard InChI is InChI=1S/C27H35N3O3/c1-2-29-16-18-30(19-17-29)26(31)14-4-3-9-15-28-27(32)33-20-25-23-12-7-5-10-21(23)22-11-6-8-13-24(22)25/h5-8,10-13,25H,2-4,9,14-20H2,1H3,(H,28,32). The number of hydrogen-bond donors (Lipinski definition) is 1. The van der Waals surface area contributed by atoms with Gasteiger partial charge in [0.2, 0.25) is 5.91 Å². The molecule has 2 amide bonds. The zero-order valence-electron chi connectivity index (χ0n) is 19.6. The highest BCUT2D eigenvalue weighted by Crippen LogP contribution is 2.44. The summed E-state index contributed by atoms with van der Waals surface area (Å²) in [7, 11) is 0. The van der Waals surface area contributed by atoms with Gasteiger partial charge in [0.05, 0.1) is 0 Å². The molecule has 0 atom stereocenters. The van der Waals surface area contributed by atoms with Gasteiger partial charge >= 0.3 is 6.09 Å². The summed E-state index contributed by atoms with van der Waals surface area (Å²) in [6.07, 6.45) is 2.85. The number of unbranched alkanes of at least 4 members (excludes halogenated alkanes) is 2. The van der Waals surface area contributed by atoms with Gasteiger partial charge in [-0.2, -0.15) is 0 Å². The van der Waals surface area contributed by atoms with E-state index >= 15 is 0 Å². The fraction of sp³-hybridized carbons (Fsp3) is 0.481. The Labute approximate surface area is 196 Å². The van der Waals surface area contributed by atoms with Gasteiger partial charge in [-0.1, -0.05) is 61.9 Å². The van der Waals surface area contributed by atoms with E-state index < -0.39 is 0 Å². The van der Waals surface area contributed by atoms with Crippen LogP contribution in [0.15, 0.2) is 48.5 Å². The van der Waals surface area contributed by atoms with E-state index in [1.165, 1.54) is 22.3 Å². The normalized spacial score (nSPS) is 15.7. The van der Waals surface area contributed by atoms with Crippen LogP contribution in [-0.4, -0.2) is 67.7 Å². The molecule has 33 heavy (non-hydrogen) atoms. The molecule has 1 saturated heterocycles.